The number of aromatic nitrogens is 2. The first kappa shape index (κ1) is 22.8. The van der Waals surface area contributed by atoms with E-state index in [1.54, 1.807) is 36.5 Å². The van der Waals surface area contributed by atoms with Crippen LogP contribution in [0.2, 0.25) is 0 Å². The molecule has 0 aliphatic rings. The van der Waals surface area contributed by atoms with Crippen molar-refractivity contribution >= 4 is 38.4 Å². The number of fused-ring (bicyclic) bond motifs is 1. The van der Waals surface area contributed by atoms with Gasteiger partial charge in [-0.05, 0) is 61.5 Å². The summed E-state index contributed by atoms with van der Waals surface area (Å²) in [6.45, 7) is 2.32. The van der Waals surface area contributed by atoms with Crippen LogP contribution >= 0.6 is 0 Å². The third-order valence-corrected chi connectivity index (χ3v) is 6.25. The predicted molar refractivity (Wildman–Crippen MR) is 126 cm³/mol. The number of para-hydroxylation sites is 1. The number of carbonyl (C=O) groups excluding carboxylic acids is 2. The van der Waals surface area contributed by atoms with Crippen LogP contribution in [-0.4, -0.2) is 37.0 Å². The largest absolute Gasteiger partial charge is 0.494 e. The number of hydrogen-bond acceptors (Lipinski definition) is 6. The van der Waals surface area contributed by atoms with Gasteiger partial charge in [0.25, 0.3) is 21.8 Å². The molecular formula is C23H21N5O5S. The van der Waals surface area contributed by atoms with E-state index in [-0.39, 0.29) is 16.1 Å². The number of benzene rings is 3. The molecule has 0 atom stereocenters. The lowest BCUT2D eigenvalue weighted by molar-refractivity contribution is 0.0847. The molecule has 0 radical (unpaired) electrons. The number of carbonyl (C=O) groups is 2. The maximum atomic E-state index is 12.6. The van der Waals surface area contributed by atoms with Crippen molar-refractivity contribution in [1.82, 2.24) is 21.0 Å². The van der Waals surface area contributed by atoms with Gasteiger partial charge in [0.1, 0.15) is 5.75 Å². The van der Waals surface area contributed by atoms with E-state index in [9.17, 15) is 18.0 Å². The molecular weight excluding hydrogens is 458 g/mol. The first-order chi connectivity index (χ1) is 16.4. The number of nitrogens with zero attached hydrogens (tertiary/aromatic N) is 1. The minimum absolute atomic E-state index is 0.0766. The van der Waals surface area contributed by atoms with Crippen LogP contribution in [-0.2, 0) is 10.0 Å². The highest BCUT2D eigenvalue weighted by Crippen LogP contribution is 2.20. The van der Waals surface area contributed by atoms with Gasteiger partial charge in [-0.2, -0.15) is 5.10 Å². The Hall–Kier alpha value is -4.38. The molecule has 2 amide bonds. The maximum absolute atomic E-state index is 12.6. The molecule has 0 fully saturated rings. The minimum Gasteiger partial charge on any atom is -0.494 e. The fourth-order valence-corrected chi connectivity index (χ4v) is 4.26. The molecule has 1 heterocycles. The molecule has 1 aromatic heterocycles. The number of ether oxygens (including phenoxy) is 1. The molecule has 4 rings (SSSR count). The van der Waals surface area contributed by atoms with Crippen molar-refractivity contribution in [3.05, 3.63) is 84.1 Å². The van der Waals surface area contributed by atoms with Crippen molar-refractivity contribution in [1.29, 1.82) is 0 Å². The van der Waals surface area contributed by atoms with Crippen molar-refractivity contribution in [2.75, 3.05) is 11.3 Å². The average molecular weight is 480 g/mol. The van der Waals surface area contributed by atoms with Crippen LogP contribution in [0.4, 0.5) is 5.69 Å². The van der Waals surface area contributed by atoms with Crippen LogP contribution in [0.25, 0.3) is 10.9 Å². The van der Waals surface area contributed by atoms with Crippen molar-refractivity contribution < 1.29 is 22.7 Å². The fourth-order valence-electron chi connectivity index (χ4n) is 3.20. The quantitative estimate of drug-likeness (QED) is 0.300. The molecule has 0 unspecified atom stereocenters. The predicted octanol–water partition coefficient (Wildman–Crippen LogP) is 2.84. The van der Waals surface area contributed by atoms with Gasteiger partial charge in [-0.15, -0.1) is 0 Å². The van der Waals surface area contributed by atoms with Crippen LogP contribution < -0.4 is 20.3 Å². The van der Waals surface area contributed by atoms with E-state index in [1.165, 1.54) is 36.4 Å². The minimum atomic E-state index is -3.81. The zero-order valence-electron chi connectivity index (χ0n) is 18.0. The highest BCUT2D eigenvalue weighted by Gasteiger charge is 2.16. The van der Waals surface area contributed by atoms with Gasteiger partial charge in [0.05, 0.1) is 28.8 Å². The average Bonchev–Trinajstić information content (AvgIpc) is 3.32. The summed E-state index contributed by atoms with van der Waals surface area (Å²) in [6.07, 6.45) is 1.59. The smallest absolute Gasteiger partial charge is 0.271 e. The van der Waals surface area contributed by atoms with Crippen molar-refractivity contribution in [2.45, 2.75) is 11.8 Å². The molecule has 0 saturated carbocycles. The third kappa shape index (κ3) is 4.99. The Balaban J connectivity index is 1.37. The Kier molecular flexibility index (Phi) is 6.46. The lowest BCUT2D eigenvalue weighted by Crippen LogP contribution is -2.41. The van der Waals surface area contributed by atoms with Gasteiger partial charge in [0, 0.05) is 16.6 Å². The Bertz CT molecular complexity index is 1430. The molecule has 0 aliphatic carbocycles. The zero-order chi connectivity index (χ0) is 24.1. The highest BCUT2D eigenvalue weighted by molar-refractivity contribution is 7.92. The van der Waals surface area contributed by atoms with Crippen LogP contribution in [0, 0.1) is 0 Å². The van der Waals surface area contributed by atoms with E-state index in [0.717, 1.165) is 5.39 Å². The van der Waals surface area contributed by atoms with E-state index in [2.05, 4.69) is 25.8 Å². The molecule has 174 valence electrons. The number of rotatable bonds is 7. The molecule has 4 N–H and O–H groups in total. The maximum Gasteiger partial charge on any atom is 0.271 e. The summed E-state index contributed by atoms with van der Waals surface area (Å²) in [6, 6.07) is 16.9. The highest BCUT2D eigenvalue weighted by atomic mass is 32.2. The number of nitrogens with one attached hydrogen (secondary N) is 4. The van der Waals surface area contributed by atoms with Gasteiger partial charge in [-0.3, -0.25) is 30.3 Å². The van der Waals surface area contributed by atoms with E-state index in [4.69, 9.17) is 4.74 Å². The molecule has 10 nitrogen and oxygen atoms in total. The summed E-state index contributed by atoms with van der Waals surface area (Å²) in [4.78, 5) is 24.9. The first-order valence-corrected chi connectivity index (χ1v) is 11.7. The van der Waals surface area contributed by atoms with Gasteiger partial charge in [-0.25, -0.2) is 8.42 Å². The standard InChI is InChI=1S/C23H21N5O5S/c1-2-33-18-10-12-19(13-11-18)34(31,32)28-17-8-6-15(7-9-17)22(29)26-27-23(30)20-5-3-4-16-14-24-25-21(16)20/h3-14,28H,2H2,1H3,(H,24,25)(H,26,29)(H,27,30). The summed E-state index contributed by atoms with van der Waals surface area (Å²) >= 11 is 0. The van der Waals surface area contributed by atoms with Gasteiger partial charge in [0.2, 0.25) is 0 Å². The first-order valence-electron chi connectivity index (χ1n) is 10.3. The summed E-state index contributed by atoms with van der Waals surface area (Å²) < 4.78 is 33.0. The number of aromatic amines is 1. The summed E-state index contributed by atoms with van der Waals surface area (Å²) in [5, 5.41) is 7.42. The Morgan fingerprint density at radius 2 is 1.65 bits per heavy atom. The number of amides is 2. The van der Waals surface area contributed by atoms with Gasteiger partial charge in [0.15, 0.2) is 0 Å². The number of sulfonamides is 1. The van der Waals surface area contributed by atoms with E-state index >= 15 is 0 Å². The molecule has 0 bridgehead atoms. The molecule has 3 aromatic carbocycles. The number of H-pyrrole nitrogens is 1. The molecule has 34 heavy (non-hydrogen) atoms. The SMILES string of the molecule is CCOc1ccc(S(=O)(=O)Nc2ccc(C(=O)NNC(=O)c3cccc4cn[nH]c34)cc2)cc1. The third-order valence-electron chi connectivity index (χ3n) is 4.86. The normalized spacial score (nSPS) is 11.1. The molecule has 4 aromatic rings. The van der Waals surface area contributed by atoms with E-state index in [1.807, 2.05) is 6.92 Å². The lowest BCUT2D eigenvalue weighted by Gasteiger charge is -2.11. The topological polar surface area (TPSA) is 142 Å². The van der Waals surface area contributed by atoms with E-state index in [0.29, 0.717) is 23.4 Å². The van der Waals surface area contributed by atoms with Crippen LogP contribution in [0.5, 0.6) is 5.75 Å². The second kappa shape index (κ2) is 9.63. The van der Waals surface area contributed by atoms with Crippen LogP contribution in [0.1, 0.15) is 27.6 Å². The number of hydrogen-bond donors (Lipinski definition) is 4. The van der Waals surface area contributed by atoms with Gasteiger partial charge < -0.3 is 4.74 Å². The second-order valence-electron chi connectivity index (χ2n) is 7.14. The summed E-state index contributed by atoms with van der Waals surface area (Å²) in [7, 11) is -3.81. The number of anilines is 1. The van der Waals surface area contributed by atoms with Gasteiger partial charge >= 0.3 is 0 Å². The fraction of sp³-hybridized carbons (Fsp3) is 0.0870. The molecule has 0 spiro atoms. The van der Waals surface area contributed by atoms with Crippen molar-refractivity contribution in [3.8, 4) is 5.75 Å². The molecule has 11 heteroatoms. The summed E-state index contributed by atoms with van der Waals surface area (Å²) in [5.74, 6) is -0.501. The van der Waals surface area contributed by atoms with Crippen LogP contribution in [0.3, 0.4) is 0 Å². The van der Waals surface area contributed by atoms with E-state index < -0.39 is 21.8 Å². The zero-order valence-corrected chi connectivity index (χ0v) is 18.8. The number of hydrazine groups is 1. The molecule has 0 aliphatic heterocycles. The van der Waals surface area contributed by atoms with Crippen molar-refractivity contribution in [3.63, 3.8) is 0 Å². The lowest BCUT2D eigenvalue weighted by atomic mass is 10.1. The van der Waals surface area contributed by atoms with Gasteiger partial charge in [-0.1, -0.05) is 12.1 Å². The Labute approximate surface area is 195 Å². The summed E-state index contributed by atoms with van der Waals surface area (Å²) in [5.41, 5.74) is 6.09. The second-order valence-corrected chi connectivity index (χ2v) is 8.82. The monoisotopic (exact) mass is 479 g/mol. The van der Waals surface area contributed by atoms with Crippen molar-refractivity contribution in [2.24, 2.45) is 0 Å². The van der Waals surface area contributed by atoms with Crippen LogP contribution in [0.15, 0.2) is 77.8 Å². The Morgan fingerprint density at radius 3 is 2.35 bits per heavy atom. The molecule has 0 saturated heterocycles. The Morgan fingerprint density at radius 1 is 0.941 bits per heavy atom.